The Hall–Kier alpha value is -1.01. The van der Waals surface area contributed by atoms with Gasteiger partial charge in [0.2, 0.25) is 0 Å². The minimum absolute atomic E-state index is 0.327. The van der Waals surface area contributed by atoms with Crippen molar-refractivity contribution in [1.82, 2.24) is 5.32 Å². The normalized spacial score (nSPS) is 12.4. The van der Waals surface area contributed by atoms with Crippen molar-refractivity contribution in [3.05, 3.63) is 68.3 Å². The van der Waals surface area contributed by atoms with Crippen LogP contribution < -0.4 is 5.32 Å². The van der Waals surface area contributed by atoms with Gasteiger partial charge in [-0.2, -0.15) is 0 Å². The van der Waals surface area contributed by atoms with Crippen LogP contribution in [0.3, 0.4) is 0 Å². The van der Waals surface area contributed by atoms with Crippen molar-refractivity contribution in [2.45, 2.75) is 26.3 Å². The minimum Gasteiger partial charge on any atom is -0.306 e. The summed E-state index contributed by atoms with van der Waals surface area (Å²) >= 11 is 2.23. The topological polar surface area (TPSA) is 12.0 Å². The first-order valence-corrected chi connectivity index (χ1v) is 8.05. The Bertz CT molecular complexity index is 611. The van der Waals surface area contributed by atoms with Gasteiger partial charge in [-0.05, 0) is 65.7 Å². The lowest BCUT2D eigenvalue weighted by Gasteiger charge is -2.21. The van der Waals surface area contributed by atoms with E-state index < -0.39 is 11.6 Å². The summed E-state index contributed by atoms with van der Waals surface area (Å²) in [5.74, 6) is -1.52. The molecule has 4 heteroatoms. The number of benzene rings is 2. The minimum atomic E-state index is -0.763. The molecule has 1 nitrogen and oxygen atoms in total. The number of rotatable bonds is 5. The third-order valence-corrected chi connectivity index (χ3v) is 4.14. The number of nitrogens with one attached hydrogen (secondary N) is 1. The molecular weight excluding hydrogens is 383 g/mol. The average Bonchev–Trinajstić information content (AvgIpc) is 2.48. The van der Waals surface area contributed by atoms with Crippen LogP contribution in [0.25, 0.3) is 0 Å². The van der Waals surface area contributed by atoms with Gasteiger partial charge in [-0.1, -0.05) is 31.2 Å². The lowest BCUT2D eigenvalue weighted by molar-refractivity contribution is 0.476. The molecule has 2 aromatic rings. The van der Waals surface area contributed by atoms with Gasteiger partial charge in [-0.25, -0.2) is 8.78 Å². The molecule has 21 heavy (non-hydrogen) atoms. The van der Waals surface area contributed by atoms with E-state index >= 15 is 0 Å². The van der Waals surface area contributed by atoms with Gasteiger partial charge >= 0.3 is 0 Å². The Morgan fingerprint density at radius 3 is 2.33 bits per heavy atom. The second kappa shape index (κ2) is 7.31. The van der Waals surface area contributed by atoms with E-state index in [4.69, 9.17) is 0 Å². The highest BCUT2D eigenvalue weighted by atomic mass is 127. The molecule has 1 atom stereocenters. The van der Waals surface area contributed by atoms with Crippen molar-refractivity contribution in [3.8, 4) is 0 Å². The summed E-state index contributed by atoms with van der Waals surface area (Å²) < 4.78 is 29.3. The first kappa shape index (κ1) is 16.4. The van der Waals surface area contributed by atoms with Gasteiger partial charge in [0.25, 0.3) is 0 Å². The van der Waals surface area contributed by atoms with Crippen LogP contribution in [-0.2, 0) is 0 Å². The van der Waals surface area contributed by atoms with E-state index in [0.717, 1.165) is 22.1 Å². The Kier molecular flexibility index (Phi) is 5.70. The lowest BCUT2D eigenvalue weighted by atomic mass is 9.96. The van der Waals surface area contributed by atoms with Crippen molar-refractivity contribution < 1.29 is 8.78 Å². The molecule has 2 aromatic carbocycles. The SMILES string of the molecule is CCCNC(c1ccc(I)cc1)c1ccc(C)c(F)c1F. The molecule has 0 amide bonds. The zero-order valence-corrected chi connectivity index (χ0v) is 14.2. The predicted molar refractivity (Wildman–Crippen MR) is 90.4 cm³/mol. The molecule has 0 aliphatic carbocycles. The third-order valence-electron chi connectivity index (χ3n) is 3.42. The molecule has 0 bridgehead atoms. The van der Waals surface area contributed by atoms with Crippen molar-refractivity contribution in [2.24, 2.45) is 0 Å². The maximum absolute atomic E-state index is 14.3. The molecule has 1 N–H and O–H groups in total. The van der Waals surface area contributed by atoms with Gasteiger partial charge in [0, 0.05) is 9.13 Å². The summed E-state index contributed by atoms with van der Waals surface area (Å²) in [6.07, 6.45) is 0.927. The zero-order chi connectivity index (χ0) is 15.4. The second-order valence-electron chi connectivity index (χ2n) is 5.04. The Morgan fingerprint density at radius 1 is 1.05 bits per heavy atom. The van der Waals surface area contributed by atoms with E-state index in [1.807, 2.05) is 31.2 Å². The summed E-state index contributed by atoms with van der Waals surface area (Å²) in [5.41, 5.74) is 1.62. The van der Waals surface area contributed by atoms with Crippen molar-refractivity contribution in [3.63, 3.8) is 0 Å². The van der Waals surface area contributed by atoms with E-state index in [-0.39, 0.29) is 6.04 Å². The van der Waals surface area contributed by atoms with Gasteiger partial charge in [0.1, 0.15) is 0 Å². The summed E-state index contributed by atoms with van der Waals surface area (Å²) in [6, 6.07) is 10.8. The molecule has 0 heterocycles. The number of halogens is 3. The Morgan fingerprint density at radius 2 is 1.71 bits per heavy atom. The maximum atomic E-state index is 14.3. The van der Waals surface area contributed by atoms with Crippen molar-refractivity contribution >= 4 is 22.6 Å². The lowest BCUT2D eigenvalue weighted by Crippen LogP contribution is -2.24. The smallest absolute Gasteiger partial charge is 0.164 e. The van der Waals surface area contributed by atoms with Crippen LogP contribution in [0, 0.1) is 22.1 Å². The first-order valence-electron chi connectivity index (χ1n) is 6.98. The quantitative estimate of drug-likeness (QED) is 0.698. The van der Waals surface area contributed by atoms with E-state index in [0.29, 0.717) is 11.1 Å². The molecule has 1 unspecified atom stereocenters. The molecule has 0 aliphatic rings. The fraction of sp³-hybridized carbons (Fsp3) is 0.294. The third kappa shape index (κ3) is 3.80. The molecule has 0 fully saturated rings. The highest BCUT2D eigenvalue weighted by molar-refractivity contribution is 14.1. The first-order chi connectivity index (χ1) is 10.0. The summed E-state index contributed by atoms with van der Waals surface area (Å²) in [5, 5.41) is 3.30. The summed E-state index contributed by atoms with van der Waals surface area (Å²) in [4.78, 5) is 0. The Balaban J connectivity index is 2.45. The molecule has 0 spiro atoms. The fourth-order valence-electron chi connectivity index (χ4n) is 2.24. The number of aryl methyl sites for hydroxylation is 1. The summed E-state index contributed by atoms with van der Waals surface area (Å²) in [7, 11) is 0. The Labute approximate surface area is 137 Å². The van der Waals surface area contributed by atoms with Crippen LogP contribution in [0.2, 0.25) is 0 Å². The molecule has 2 rings (SSSR count). The fourth-order valence-corrected chi connectivity index (χ4v) is 2.59. The molecule has 112 valence electrons. The highest BCUT2D eigenvalue weighted by Crippen LogP contribution is 2.27. The standard InChI is InChI=1S/C17H18F2IN/c1-3-10-21-17(12-5-7-13(20)8-6-12)14-9-4-11(2)15(18)16(14)19/h4-9,17,21H,3,10H2,1-2H3. The van der Waals surface area contributed by atoms with Gasteiger partial charge < -0.3 is 5.32 Å². The van der Waals surface area contributed by atoms with Crippen LogP contribution >= 0.6 is 22.6 Å². The van der Waals surface area contributed by atoms with Crippen LogP contribution in [0.1, 0.15) is 36.1 Å². The number of hydrogen-bond donors (Lipinski definition) is 1. The van der Waals surface area contributed by atoms with Gasteiger partial charge in [-0.15, -0.1) is 0 Å². The molecular formula is C17H18F2IN. The highest BCUT2D eigenvalue weighted by Gasteiger charge is 2.20. The van der Waals surface area contributed by atoms with Gasteiger partial charge in [-0.3, -0.25) is 0 Å². The maximum Gasteiger partial charge on any atom is 0.164 e. The zero-order valence-electron chi connectivity index (χ0n) is 12.1. The van der Waals surface area contributed by atoms with Crippen molar-refractivity contribution in [1.29, 1.82) is 0 Å². The molecule has 0 saturated carbocycles. The monoisotopic (exact) mass is 401 g/mol. The van der Waals surface area contributed by atoms with E-state index in [1.165, 1.54) is 0 Å². The molecule has 0 aromatic heterocycles. The van der Waals surface area contributed by atoms with Crippen LogP contribution in [0.5, 0.6) is 0 Å². The van der Waals surface area contributed by atoms with Crippen LogP contribution in [0.15, 0.2) is 36.4 Å². The average molecular weight is 401 g/mol. The second-order valence-corrected chi connectivity index (χ2v) is 6.28. The van der Waals surface area contributed by atoms with Gasteiger partial charge in [0.05, 0.1) is 6.04 Å². The van der Waals surface area contributed by atoms with Crippen molar-refractivity contribution in [2.75, 3.05) is 6.54 Å². The van der Waals surface area contributed by atoms with Gasteiger partial charge in [0.15, 0.2) is 11.6 Å². The molecule has 0 radical (unpaired) electrons. The molecule has 0 aliphatic heterocycles. The van der Waals surface area contributed by atoms with E-state index in [1.54, 1.807) is 19.1 Å². The predicted octanol–water partition coefficient (Wildman–Crippen LogP) is 4.97. The van der Waals surface area contributed by atoms with Crippen LogP contribution in [-0.4, -0.2) is 6.54 Å². The number of hydrogen-bond acceptors (Lipinski definition) is 1. The largest absolute Gasteiger partial charge is 0.306 e. The van der Waals surface area contributed by atoms with E-state index in [9.17, 15) is 8.78 Å². The summed E-state index contributed by atoms with van der Waals surface area (Å²) in [6.45, 7) is 4.36. The van der Waals surface area contributed by atoms with E-state index in [2.05, 4.69) is 27.9 Å². The molecule has 0 saturated heterocycles. The van der Waals surface area contributed by atoms with Crippen LogP contribution in [0.4, 0.5) is 8.78 Å².